The Morgan fingerprint density at radius 3 is 2.67 bits per heavy atom. The fourth-order valence-electron chi connectivity index (χ4n) is 2.84. The summed E-state index contributed by atoms with van der Waals surface area (Å²) >= 11 is 8.32. The number of benzene rings is 2. The predicted molar refractivity (Wildman–Crippen MR) is 116 cm³/mol. The molecule has 0 atom stereocenters. The van der Waals surface area contributed by atoms with Gasteiger partial charge in [-0.15, -0.1) is 0 Å². The number of hydrogen-bond donors (Lipinski definition) is 1. The van der Waals surface area contributed by atoms with Crippen LogP contribution in [0, 0.1) is 17.8 Å². The van der Waals surface area contributed by atoms with Crippen molar-refractivity contribution < 1.29 is 0 Å². The van der Waals surface area contributed by atoms with E-state index in [1.54, 1.807) is 0 Å². The number of thiazole rings is 1. The molecule has 27 heavy (non-hydrogen) atoms. The minimum Gasteiger partial charge on any atom is -0.300 e. The van der Waals surface area contributed by atoms with Crippen molar-refractivity contribution in [1.29, 1.82) is 0 Å². The molecule has 2 aromatic carbocycles. The molecule has 2 aromatic heterocycles. The van der Waals surface area contributed by atoms with Crippen LogP contribution in [0.2, 0.25) is 0 Å². The maximum atomic E-state index is 12.6. The zero-order valence-corrected chi connectivity index (χ0v) is 17.3. The van der Waals surface area contributed by atoms with Crippen LogP contribution in [-0.4, -0.2) is 14.5 Å². The molecule has 4 nitrogen and oxygen atoms in total. The Labute approximate surface area is 169 Å². The number of rotatable bonds is 4. The van der Waals surface area contributed by atoms with Gasteiger partial charge in [0.25, 0.3) is 5.56 Å². The summed E-state index contributed by atoms with van der Waals surface area (Å²) in [7, 11) is 0. The first-order valence-electron chi connectivity index (χ1n) is 8.42. The third-order valence-electron chi connectivity index (χ3n) is 4.17. The quantitative estimate of drug-likeness (QED) is 0.277. The van der Waals surface area contributed by atoms with Crippen LogP contribution in [-0.2, 0) is 5.75 Å². The SMILES string of the molecule is Cc1ccc(-n2c(=S)sc3c(=O)[nH]c(SCc4cccc(C)c4)nc32)cc1. The van der Waals surface area contributed by atoms with Crippen LogP contribution in [0.5, 0.6) is 0 Å². The summed E-state index contributed by atoms with van der Waals surface area (Å²) in [6.07, 6.45) is 0. The molecule has 0 saturated carbocycles. The Balaban J connectivity index is 1.75. The number of aryl methyl sites for hydroxylation is 2. The lowest BCUT2D eigenvalue weighted by atomic mass is 10.2. The summed E-state index contributed by atoms with van der Waals surface area (Å²) in [4.78, 5) is 20.1. The van der Waals surface area contributed by atoms with Gasteiger partial charge >= 0.3 is 0 Å². The van der Waals surface area contributed by atoms with Gasteiger partial charge in [-0.1, -0.05) is 70.6 Å². The third kappa shape index (κ3) is 3.76. The Hall–Kier alpha value is -2.22. The zero-order valence-electron chi connectivity index (χ0n) is 14.9. The fraction of sp³-hybridized carbons (Fsp3) is 0.150. The van der Waals surface area contributed by atoms with Crippen LogP contribution in [0.25, 0.3) is 16.0 Å². The van der Waals surface area contributed by atoms with E-state index in [2.05, 4.69) is 30.1 Å². The van der Waals surface area contributed by atoms with Gasteiger partial charge in [0.1, 0.15) is 4.70 Å². The van der Waals surface area contributed by atoms with Gasteiger partial charge in [0.2, 0.25) is 0 Å². The second kappa shape index (κ2) is 7.42. The van der Waals surface area contributed by atoms with Crippen LogP contribution in [0.4, 0.5) is 0 Å². The molecule has 4 aromatic rings. The maximum Gasteiger partial charge on any atom is 0.271 e. The normalized spacial score (nSPS) is 11.2. The lowest BCUT2D eigenvalue weighted by molar-refractivity contribution is 0.943. The maximum absolute atomic E-state index is 12.6. The number of hydrogen-bond acceptors (Lipinski definition) is 5. The van der Waals surface area contributed by atoms with Crippen LogP contribution < -0.4 is 5.56 Å². The van der Waals surface area contributed by atoms with E-state index in [1.165, 1.54) is 39.8 Å². The molecule has 0 spiro atoms. The molecule has 7 heteroatoms. The first-order chi connectivity index (χ1) is 13.0. The summed E-state index contributed by atoms with van der Waals surface area (Å²) in [5.41, 5.74) is 4.98. The molecule has 1 N–H and O–H groups in total. The van der Waals surface area contributed by atoms with E-state index >= 15 is 0 Å². The Morgan fingerprint density at radius 2 is 1.93 bits per heavy atom. The highest BCUT2D eigenvalue weighted by atomic mass is 32.2. The van der Waals surface area contributed by atoms with E-state index in [0.29, 0.717) is 19.5 Å². The fourth-order valence-corrected chi connectivity index (χ4v) is 4.91. The van der Waals surface area contributed by atoms with E-state index in [0.717, 1.165) is 11.4 Å². The molecule has 0 bridgehead atoms. The van der Waals surface area contributed by atoms with Crippen molar-refractivity contribution in [3.05, 3.63) is 79.5 Å². The zero-order chi connectivity index (χ0) is 19.0. The molecular weight excluding hydrogens is 394 g/mol. The van der Waals surface area contributed by atoms with E-state index < -0.39 is 0 Å². The van der Waals surface area contributed by atoms with Gasteiger partial charge in [-0.3, -0.25) is 9.36 Å². The first-order valence-corrected chi connectivity index (χ1v) is 10.6. The summed E-state index contributed by atoms with van der Waals surface area (Å²) in [6, 6.07) is 16.4. The van der Waals surface area contributed by atoms with Crippen molar-refractivity contribution >= 4 is 45.7 Å². The van der Waals surface area contributed by atoms with Gasteiger partial charge in [-0.05, 0) is 43.8 Å². The number of aromatic nitrogens is 3. The van der Waals surface area contributed by atoms with Crippen molar-refractivity contribution in [3.63, 3.8) is 0 Å². The predicted octanol–water partition coefficient (Wildman–Crippen LogP) is 5.41. The van der Waals surface area contributed by atoms with E-state index in [-0.39, 0.29) is 5.56 Å². The first kappa shape index (κ1) is 18.2. The minimum atomic E-state index is -0.145. The lowest BCUT2D eigenvalue weighted by Crippen LogP contribution is -2.09. The van der Waals surface area contributed by atoms with Crippen molar-refractivity contribution in [3.8, 4) is 5.69 Å². The standard InChI is InChI=1S/C20H17N3OS3/c1-12-6-8-15(9-7-12)23-17-16(27-20(23)25)18(24)22-19(21-17)26-11-14-5-3-4-13(2)10-14/h3-10H,11H2,1-2H3,(H,21,22,24). The Bertz CT molecular complexity index is 1240. The highest BCUT2D eigenvalue weighted by Gasteiger charge is 2.14. The molecule has 0 aliphatic rings. The molecule has 0 aliphatic carbocycles. The highest BCUT2D eigenvalue weighted by Crippen LogP contribution is 2.26. The summed E-state index contributed by atoms with van der Waals surface area (Å²) < 4.78 is 3.05. The molecule has 0 radical (unpaired) electrons. The second-order valence-corrected chi connectivity index (χ2v) is 8.95. The summed E-state index contributed by atoms with van der Waals surface area (Å²) in [5, 5.41) is 0.600. The van der Waals surface area contributed by atoms with Gasteiger partial charge in [0.15, 0.2) is 14.8 Å². The lowest BCUT2D eigenvalue weighted by Gasteiger charge is -2.06. The monoisotopic (exact) mass is 411 g/mol. The van der Waals surface area contributed by atoms with Gasteiger partial charge in [0.05, 0.1) is 0 Å². The molecule has 4 rings (SSSR count). The van der Waals surface area contributed by atoms with Crippen LogP contribution in [0.3, 0.4) is 0 Å². The van der Waals surface area contributed by atoms with Crippen LogP contribution >= 0.6 is 35.3 Å². The van der Waals surface area contributed by atoms with Gasteiger partial charge in [-0.2, -0.15) is 0 Å². The smallest absolute Gasteiger partial charge is 0.271 e. The van der Waals surface area contributed by atoms with Crippen molar-refractivity contribution in [1.82, 2.24) is 14.5 Å². The van der Waals surface area contributed by atoms with Crippen molar-refractivity contribution in [2.24, 2.45) is 0 Å². The van der Waals surface area contributed by atoms with Crippen LogP contribution in [0.1, 0.15) is 16.7 Å². The molecule has 2 heterocycles. The van der Waals surface area contributed by atoms with Crippen molar-refractivity contribution in [2.75, 3.05) is 0 Å². The number of H-pyrrole nitrogens is 1. The summed E-state index contributed by atoms with van der Waals surface area (Å²) in [5.74, 6) is 0.742. The molecule has 0 fully saturated rings. The largest absolute Gasteiger partial charge is 0.300 e. The minimum absolute atomic E-state index is 0.145. The van der Waals surface area contributed by atoms with Crippen molar-refractivity contribution in [2.45, 2.75) is 24.8 Å². The molecule has 0 amide bonds. The topological polar surface area (TPSA) is 50.7 Å². The molecule has 0 aliphatic heterocycles. The number of thioether (sulfide) groups is 1. The molecule has 0 saturated heterocycles. The average Bonchev–Trinajstić information content (AvgIpc) is 2.98. The Morgan fingerprint density at radius 1 is 1.15 bits per heavy atom. The number of fused-ring (bicyclic) bond motifs is 1. The number of nitrogens with one attached hydrogen (secondary N) is 1. The molecule has 136 valence electrons. The molecule has 0 unspecified atom stereocenters. The Kier molecular flexibility index (Phi) is 4.99. The summed E-state index contributed by atoms with van der Waals surface area (Å²) in [6.45, 7) is 4.11. The van der Waals surface area contributed by atoms with E-state index in [9.17, 15) is 4.79 Å². The number of nitrogens with zero attached hydrogens (tertiary/aromatic N) is 2. The van der Waals surface area contributed by atoms with E-state index in [4.69, 9.17) is 17.2 Å². The second-order valence-electron chi connectivity index (χ2n) is 6.34. The average molecular weight is 412 g/mol. The molecular formula is C20H17N3OS3. The number of aromatic amines is 1. The van der Waals surface area contributed by atoms with Crippen LogP contribution in [0.15, 0.2) is 58.5 Å². The van der Waals surface area contributed by atoms with Gasteiger partial charge in [-0.25, -0.2) is 4.98 Å². The highest BCUT2D eigenvalue weighted by molar-refractivity contribution is 7.98. The van der Waals surface area contributed by atoms with E-state index in [1.807, 2.05) is 41.8 Å². The third-order valence-corrected chi connectivity index (χ3v) is 6.48. The van der Waals surface area contributed by atoms with Gasteiger partial charge < -0.3 is 4.98 Å². The van der Waals surface area contributed by atoms with Gasteiger partial charge in [0, 0.05) is 11.4 Å².